The van der Waals surface area contributed by atoms with Gasteiger partial charge in [-0.25, -0.2) is 0 Å². The van der Waals surface area contributed by atoms with Crippen molar-refractivity contribution in [1.29, 1.82) is 0 Å². The lowest BCUT2D eigenvalue weighted by atomic mass is 10.1. The highest BCUT2D eigenvalue weighted by Gasteiger charge is 2.22. The zero-order valence-electron chi connectivity index (χ0n) is 14.3. The van der Waals surface area contributed by atoms with E-state index in [0.29, 0.717) is 21.3 Å². The van der Waals surface area contributed by atoms with E-state index in [0.717, 1.165) is 5.56 Å². The van der Waals surface area contributed by atoms with Gasteiger partial charge in [-0.2, -0.15) is 0 Å². The van der Waals surface area contributed by atoms with Gasteiger partial charge in [0, 0.05) is 21.8 Å². The first-order valence-corrected chi connectivity index (χ1v) is 8.75. The van der Waals surface area contributed by atoms with Crippen molar-refractivity contribution in [2.45, 2.75) is 32.9 Å². The number of anilines is 1. The van der Waals surface area contributed by atoms with Crippen LogP contribution in [0.1, 0.15) is 42.7 Å². The number of nitrogens with one attached hydrogen (secondary N) is 1. The van der Waals surface area contributed by atoms with Gasteiger partial charge >= 0.3 is 0 Å². The third kappa shape index (κ3) is 5.30. The summed E-state index contributed by atoms with van der Waals surface area (Å²) in [5.74, 6) is -0.124. The Balaban J connectivity index is 1.98. The third-order valence-corrected chi connectivity index (χ3v) is 4.57. The van der Waals surface area contributed by atoms with Gasteiger partial charge in [0.1, 0.15) is 6.04 Å². The van der Waals surface area contributed by atoms with Crippen LogP contribution in [-0.2, 0) is 4.79 Å². The van der Waals surface area contributed by atoms with Crippen LogP contribution in [0.15, 0.2) is 42.5 Å². The number of carbonyl (C=O) groups excluding carboxylic acids is 2. The average Bonchev–Trinajstić information content (AvgIpc) is 2.55. The summed E-state index contributed by atoms with van der Waals surface area (Å²) in [6.45, 7) is 5.33. The first kappa shape index (κ1) is 19.4. The van der Waals surface area contributed by atoms with Gasteiger partial charge in [-0.3, -0.25) is 9.59 Å². The van der Waals surface area contributed by atoms with Crippen molar-refractivity contribution in [2.75, 3.05) is 5.32 Å². The largest absolute Gasteiger partial charge is 0.330 e. The fourth-order valence-electron chi connectivity index (χ4n) is 2.54. The molecular weight excluding hydrogens is 359 g/mol. The summed E-state index contributed by atoms with van der Waals surface area (Å²) in [5.41, 5.74) is 2.20. The van der Waals surface area contributed by atoms with E-state index < -0.39 is 0 Å². The summed E-state index contributed by atoms with van der Waals surface area (Å²) in [4.78, 5) is 23.7. The van der Waals surface area contributed by atoms with Crippen molar-refractivity contribution in [1.82, 2.24) is 0 Å². The van der Waals surface area contributed by atoms with E-state index in [4.69, 9.17) is 23.2 Å². The molecule has 2 atom stereocenters. The molecule has 0 saturated carbocycles. The molecule has 0 bridgehead atoms. The standard InChI is InChI=1S/C19H20Cl2N2O2/c1-11(17-9-6-15(20)10-18(17)21)22-12(2)19(25)23-16-7-4-14(5-8-16)13(3)24/h4-12,22H,1-3H3,(H,23,25)/p+1/t11-,12-/m0/s1. The van der Waals surface area contributed by atoms with Gasteiger partial charge < -0.3 is 10.6 Å². The van der Waals surface area contributed by atoms with Crippen molar-refractivity contribution in [3.05, 3.63) is 63.6 Å². The van der Waals surface area contributed by atoms with Crippen LogP contribution in [0.3, 0.4) is 0 Å². The quantitative estimate of drug-likeness (QED) is 0.748. The second-order valence-corrected chi connectivity index (χ2v) is 6.90. The van der Waals surface area contributed by atoms with Crippen LogP contribution >= 0.6 is 23.2 Å². The molecule has 0 saturated heterocycles. The van der Waals surface area contributed by atoms with E-state index in [9.17, 15) is 9.59 Å². The smallest absolute Gasteiger partial charge is 0.282 e. The molecule has 1 amide bonds. The van der Waals surface area contributed by atoms with E-state index >= 15 is 0 Å². The summed E-state index contributed by atoms with van der Waals surface area (Å²) in [7, 11) is 0. The number of hydrogen-bond acceptors (Lipinski definition) is 2. The molecule has 0 aromatic heterocycles. The summed E-state index contributed by atoms with van der Waals surface area (Å²) < 4.78 is 0. The third-order valence-electron chi connectivity index (χ3n) is 4.00. The monoisotopic (exact) mass is 379 g/mol. The highest BCUT2D eigenvalue weighted by molar-refractivity contribution is 6.35. The molecule has 0 spiro atoms. The van der Waals surface area contributed by atoms with Crippen LogP contribution < -0.4 is 10.6 Å². The predicted octanol–water partition coefficient (Wildman–Crippen LogP) is 3.85. The maximum absolute atomic E-state index is 12.4. The Morgan fingerprint density at radius 3 is 2.24 bits per heavy atom. The molecule has 132 valence electrons. The molecule has 4 nitrogen and oxygen atoms in total. The maximum Gasteiger partial charge on any atom is 0.282 e. The van der Waals surface area contributed by atoms with Gasteiger partial charge in [-0.1, -0.05) is 29.3 Å². The van der Waals surface area contributed by atoms with Gasteiger partial charge in [-0.05, 0) is 57.2 Å². The van der Waals surface area contributed by atoms with Crippen molar-refractivity contribution in [3.8, 4) is 0 Å². The van der Waals surface area contributed by atoms with Crippen LogP contribution in [0, 0.1) is 0 Å². The van der Waals surface area contributed by atoms with E-state index in [1.165, 1.54) is 6.92 Å². The molecule has 0 aliphatic heterocycles. The minimum Gasteiger partial charge on any atom is -0.330 e. The molecule has 0 fully saturated rings. The summed E-state index contributed by atoms with van der Waals surface area (Å²) >= 11 is 12.1. The summed E-state index contributed by atoms with van der Waals surface area (Å²) in [5, 5.41) is 5.96. The number of quaternary nitrogens is 1. The second kappa shape index (κ2) is 8.48. The number of nitrogens with two attached hydrogens (primary N) is 1. The number of hydrogen-bond donors (Lipinski definition) is 2. The number of ketones is 1. The lowest BCUT2D eigenvalue weighted by molar-refractivity contribution is -0.709. The van der Waals surface area contributed by atoms with Gasteiger partial charge in [0.15, 0.2) is 11.8 Å². The van der Waals surface area contributed by atoms with E-state index in [1.54, 1.807) is 36.4 Å². The van der Waals surface area contributed by atoms with Gasteiger partial charge in [0.05, 0.1) is 5.02 Å². The van der Waals surface area contributed by atoms with E-state index in [2.05, 4.69) is 5.32 Å². The van der Waals surface area contributed by atoms with Gasteiger partial charge in [0.25, 0.3) is 5.91 Å². The molecular formula is C19H21Cl2N2O2+. The molecule has 0 radical (unpaired) electrons. The maximum atomic E-state index is 12.4. The van der Waals surface area contributed by atoms with Crippen LogP contribution in [0.25, 0.3) is 0 Å². The Morgan fingerprint density at radius 2 is 1.68 bits per heavy atom. The summed E-state index contributed by atoms with van der Waals surface area (Å²) in [6, 6.07) is 11.9. The van der Waals surface area contributed by atoms with E-state index in [1.807, 2.05) is 25.2 Å². The molecule has 25 heavy (non-hydrogen) atoms. The molecule has 0 heterocycles. The molecule has 3 N–H and O–H groups in total. The van der Waals surface area contributed by atoms with Crippen molar-refractivity contribution in [3.63, 3.8) is 0 Å². The normalized spacial score (nSPS) is 13.2. The lowest BCUT2D eigenvalue weighted by Gasteiger charge is -2.18. The number of halogens is 2. The Morgan fingerprint density at radius 1 is 1.04 bits per heavy atom. The fourth-order valence-corrected chi connectivity index (χ4v) is 3.12. The molecule has 0 aliphatic carbocycles. The highest BCUT2D eigenvalue weighted by Crippen LogP contribution is 2.24. The van der Waals surface area contributed by atoms with Crippen LogP contribution in [0.2, 0.25) is 10.0 Å². The molecule has 2 aromatic rings. The first-order valence-electron chi connectivity index (χ1n) is 7.99. The van der Waals surface area contributed by atoms with Crippen molar-refractivity contribution in [2.24, 2.45) is 0 Å². The second-order valence-electron chi connectivity index (χ2n) is 6.06. The first-order chi connectivity index (χ1) is 11.8. The molecule has 0 unspecified atom stereocenters. The highest BCUT2D eigenvalue weighted by atomic mass is 35.5. The molecule has 0 aliphatic rings. The zero-order chi connectivity index (χ0) is 18.6. The number of carbonyl (C=O) groups is 2. The van der Waals surface area contributed by atoms with Gasteiger partial charge in [0.2, 0.25) is 0 Å². The topological polar surface area (TPSA) is 62.8 Å². The number of benzene rings is 2. The Labute approximate surface area is 157 Å². The Hall–Kier alpha value is -1.88. The fraction of sp³-hybridized carbons (Fsp3) is 0.263. The molecule has 2 rings (SSSR count). The van der Waals surface area contributed by atoms with Crippen molar-refractivity contribution >= 4 is 40.6 Å². The SMILES string of the molecule is CC(=O)c1ccc(NC(=O)[C@H](C)[NH2+][C@@H](C)c2ccc(Cl)cc2Cl)cc1. The molecule has 2 aromatic carbocycles. The minimum absolute atomic E-state index is 0.00519. The van der Waals surface area contributed by atoms with Crippen molar-refractivity contribution < 1.29 is 14.9 Å². The zero-order valence-corrected chi connectivity index (χ0v) is 15.9. The Bertz CT molecular complexity index is 775. The van der Waals surface area contributed by atoms with Crippen LogP contribution in [0.5, 0.6) is 0 Å². The van der Waals surface area contributed by atoms with Crippen LogP contribution in [-0.4, -0.2) is 17.7 Å². The Kier molecular flexibility index (Phi) is 6.59. The van der Waals surface area contributed by atoms with E-state index in [-0.39, 0.29) is 23.8 Å². The van der Waals surface area contributed by atoms with Crippen LogP contribution in [0.4, 0.5) is 5.69 Å². The lowest BCUT2D eigenvalue weighted by Crippen LogP contribution is -2.91. The minimum atomic E-state index is -0.311. The predicted molar refractivity (Wildman–Crippen MR) is 101 cm³/mol. The number of Topliss-reactive ketones (excluding diaryl/α,β-unsaturated/α-hetero) is 1. The number of rotatable bonds is 6. The molecule has 6 heteroatoms. The average molecular weight is 380 g/mol. The number of amides is 1. The summed E-state index contributed by atoms with van der Waals surface area (Å²) in [6.07, 6.45) is 0. The van der Waals surface area contributed by atoms with Gasteiger partial charge in [-0.15, -0.1) is 0 Å².